The molecular weight excluding hydrogens is 210 g/mol. The van der Waals surface area contributed by atoms with Crippen molar-refractivity contribution in [2.24, 2.45) is 5.11 Å². The Labute approximate surface area is 95.5 Å². The summed E-state index contributed by atoms with van der Waals surface area (Å²) in [5.41, 5.74) is 8.20. The number of aliphatic hydroxyl groups excluding tert-OH is 3. The van der Waals surface area contributed by atoms with Gasteiger partial charge in [-0.1, -0.05) is 37.7 Å². The predicted molar refractivity (Wildman–Crippen MR) is 60.8 cm³/mol. The average Bonchev–Trinajstić information content (AvgIpc) is 2.30. The maximum atomic E-state index is 9.60. The van der Waals surface area contributed by atoms with Gasteiger partial charge in [-0.25, -0.2) is 0 Å². The number of nitrogens with zero attached hydrogens (tertiary/aromatic N) is 3. The SMILES string of the molecule is CCCCCC[C@H](O)[C@@H](O)[C@@H](CO)N=[N+]=[N-]. The molecule has 0 amide bonds. The van der Waals surface area contributed by atoms with Gasteiger partial charge in [0.2, 0.25) is 0 Å². The summed E-state index contributed by atoms with van der Waals surface area (Å²) in [5, 5.41) is 31.3. The first kappa shape index (κ1) is 15.2. The molecule has 0 saturated carbocycles. The Morgan fingerprint density at radius 2 is 1.94 bits per heavy atom. The van der Waals surface area contributed by atoms with Crippen molar-refractivity contribution in [2.75, 3.05) is 6.61 Å². The molecule has 6 heteroatoms. The largest absolute Gasteiger partial charge is 0.396 e. The Hall–Kier alpha value is -0.810. The molecule has 0 saturated heterocycles. The third-order valence-corrected chi connectivity index (χ3v) is 2.53. The standard InChI is InChI=1S/C10H21N3O3/c1-2-3-4-5-6-9(15)10(16)8(7-14)12-13-11/h8-10,14-16H,2-7H2,1H3/t8-,9+,10+/m1/s1. The lowest BCUT2D eigenvalue weighted by Gasteiger charge is -2.21. The summed E-state index contributed by atoms with van der Waals surface area (Å²) in [5.74, 6) is 0. The van der Waals surface area contributed by atoms with E-state index in [0.717, 1.165) is 25.7 Å². The third-order valence-electron chi connectivity index (χ3n) is 2.53. The van der Waals surface area contributed by atoms with E-state index in [-0.39, 0.29) is 0 Å². The molecule has 16 heavy (non-hydrogen) atoms. The summed E-state index contributed by atoms with van der Waals surface area (Å²) in [7, 11) is 0. The van der Waals surface area contributed by atoms with Crippen molar-refractivity contribution in [3.05, 3.63) is 10.4 Å². The highest BCUT2D eigenvalue weighted by atomic mass is 16.3. The quantitative estimate of drug-likeness (QED) is 0.241. The van der Waals surface area contributed by atoms with E-state index in [0.29, 0.717) is 6.42 Å². The highest BCUT2D eigenvalue weighted by molar-refractivity contribution is 4.81. The number of azide groups is 1. The van der Waals surface area contributed by atoms with Crippen molar-refractivity contribution in [1.82, 2.24) is 0 Å². The number of hydrogen-bond donors (Lipinski definition) is 3. The number of rotatable bonds is 9. The van der Waals surface area contributed by atoms with Crippen LogP contribution in [0.25, 0.3) is 10.4 Å². The Bertz CT molecular complexity index is 219. The molecule has 0 radical (unpaired) electrons. The number of unbranched alkanes of at least 4 members (excludes halogenated alkanes) is 3. The molecule has 0 rings (SSSR count). The van der Waals surface area contributed by atoms with Crippen LogP contribution in [0, 0.1) is 0 Å². The minimum Gasteiger partial charge on any atom is -0.396 e. The zero-order valence-corrected chi connectivity index (χ0v) is 9.66. The molecule has 6 nitrogen and oxygen atoms in total. The van der Waals surface area contributed by atoms with Gasteiger partial charge < -0.3 is 15.3 Å². The molecule has 0 aliphatic heterocycles. The molecular formula is C10H21N3O3. The van der Waals surface area contributed by atoms with Crippen molar-refractivity contribution in [2.45, 2.75) is 57.3 Å². The van der Waals surface area contributed by atoms with Crippen LogP contribution in [0.15, 0.2) is 5.11 Å². The minimum absolute atomic E-state index is 0.457. The second-order valence-corrected chi connectivity index (χ2v) is 3.86. The number of hydrogen-bond acceptors (Lipinski definition) is 4. The van der Waals surface area contributed by atoms with Crippen molar-refractivity contribution in [3.8, 4) is 0 Å². The van der Waals surface area contributed by atoms with E-state index in [1.54, 1.807) is 0 Å². The maximum absolute atomic E-state index is 9.60. The fourth-order valence-corrected chi connectivity index (χ4v) is 1.49. The monoisotopic (exact) mass is 231 g/mol. The van der Waals surface area contributed by atoms with Gasteiger partial charge in [0.05, 0.1) is 24.9 Å². The summed E-state index contributed by atoms with van der Waals surface area (Å²) in [6.07, 6.45) is 2.35. The van der Waals surface area contributed by atoms with Crippen LogP contribution in [0.3, 0.4) is 0 Å². The second-order valence-electron chi connectivity index (χ2n) is 3.86. The van der Waals surface area contributed by atoms with Gasteiger partial charge in [0, 0.05) is 4.91 Å². The van der Waals surface area contributed by atoms with E-state index in [4.69, 9.17) is 10.6 Å². The highest BCUT2D eigenvalue weighted by Crippen LogP contribution is 2.12. The molecule has 0 aromatic heterocycles. The molecule has 94 valence electrons. The van der Waals surface area contributed by atoms with Crippen LogP contribution >= 0.6 is 0 Å². The molecule has 0 spiro atoms. The molecule has 0 fully saturated rings. The molecule has 0 aromatic rings. The molecule has 0 bridgehead atoms. The summed E-state index contributed by atoms with van der Waals surface area (Å²) in [4.78, 5) is 2.51. The topological polar surface area (TPSA) is 109 Å². The second kappa shape index (κ2) is 9.42. The van der Waals surface area contributed by atoms with Crippen molar-refractivity contribution in [1.29, 1.82) is 0 Å². The molecule has 0 aliphatic carbocycles. The van der Waals surface area contributed by atoms with Crippen molar-refractivity contribution in [3.63, 3.8) is 0 Å². The summed E-state index contributed by atoms with van der Waals surface area (Å²) in [6, 6.07) is -0.967. The Morgan fingerprint density at radius 3 is 2.44 bits per heavy atom. The number of aliphatic hydroxyl groups is 3. The van der Waals surface area contributed by atoms with Crippen LogP contribution in [0.5, 0.6) is 0 Å². The fraction of sp³-hybridized carbons (Fsp3) is 1.00. The van der Waals surface area contributed by atoms with Crippen LogP contribution in [-0.2, 0) is 0 Å². The lowest BCUT2D eigenvalue weighted by Crippen LogP contribution is -2.38. The zero-order valence-electron chi connectivity index (χ0n) is 9.66. The predicted octanol–water partition coefficient (Wildman–Crippen LogP) is 1.35. The van der Waals surface area contributed by atoms with Gasteiger partial charge in [0.1, 0.15) is 0 Å². The van der Waals surface area contributed by atoms with Gasteiger partial charge >= 0.3 is 0 Å². The van der Waals surface area contributed by atoms with Crippen LogP contribution < -0.4 is 0 Å². The van der Waals surface area contributed by atoms with Crippen LogP contribution in [0.2, 0.25) is 0 Å². The normalized spacial score (nSPS) is 16.2. The molecule has 0 unspecified atom stereocenters. The van der Waals surface area contributed by atoms with Gasteiger partial charge in [-0.2, -0.15) is 0 Å². The van der Waals surface area contributed by atoms with Gasteiger partial charge in [0.15, 0.2) is 0 Å². The molecule has 0 heterocycles. The van der Waals surface area contributed by atoms with Crippen LogP contribution in [-0.4, -0.2) is 40.2 Å². The molecule has 0 aliphatic rings. The summed E-state index contributed by atoms with van der Waals surface area (Å²) >= 11 is 0. The Kier molecular flexibility index (Phi) is 8.94. The fourth-order valence-electron chi connectivity index (χ4n) is 1.49. The van der Waals surface area contributed by atoms with E-state index < -0.39 is 24.9 Å². The van der Waals surface area contributed by atoms with Gasteiger partial charge in [0.25, 0.3) is 0 Å². The molecule has 3 atom stereocenters. The van der Waals surface area contributed by atoms with Crippen LogP contribution in [0.4, 0.5) is 0 Å². The lowest BCUT2D eigenvalue weighted by atomic mass is 10.0. The van der Waals surface area contributed by atoms with Gasteiger partial charge in [-0.15, -0.1) is 0 Å². The first-order valence-electron chi connectivity index (χ1n) is 5.68. The van der Waals surface area contributed by atoms with Crippen molar-refractivity contribution < 1.29 is 15.3 Å². The van der Waals surface area contributed by atoms with E-state index in [1.165, 1.54) is 0 Å². The molecule has 0 aromatic carbocycles. The van der Waals surface area contributed by atoms with Gasteiger partial charge in [-0.05, 0) is 12.0 Å². The molecule has 3 N–H and O–H groups in total. The maximum Gasteiger partial charge on any atom is 0.0905 e. The Balaban J connectivity index is 3.95. The average molecular weight is 231 g/mol. The van der Waals surface area contributed by atoms with Gasteiger partial charge in [-0.3, -0.25) is 0 Å². The first-order valence-corrected chi connectivity index (χ1v) is 5.68. The van der Waals surface area contributed by atoms with Crippen molar-refractivity contribution >= 4 is 0 Å². The van der Waals surface area contributed by atoms with Crippen LogP contribution in [0.1, 0.15) is 39.0 Å². The third kappa shape index (κ3) is 5.92. The smallest absolute Gasteiger partial charge is 0.0905 e. The van der Waals surface area contributed by atoms with E-state index in [1.807, 2.05) is 0 Å². The summed E-state index contributed by atoms with van der Waals surface area (Å²) < 4.78 is 0. The Morgan fingerprint density at radius 1 is 1.25 bits per heavy atom. The lowest BCUT2D eigenvalue weighted by molar-refractivity contribution is -0.0120. The van der Waals surface area contributed by atoms with E-state index in [9.17, 15) is 10.2 Å². The minimum atomic E-state index is -1.19. The summed E-state index contributed by atoms with van der Waals surface area (Å²) in [6.45, 7) is 1.63. The van der Waals surface area contributed by atoms with E-state index >= 15 is 0 Å². The zero-order chi connectivity index (χ0) is 12.4. The first-order chi connectivity index (χ1) is 7.67. The van der Waals surface area contributed by atoms with E-state index in [2.05, 4.69) is 16.9 Å². The highest BCUT2D eigenvalue weighted by Gasteiger charge is 2.24.